The molecule has 1 saturated heterocycles. The van der Waals surface area contributed by atoms with Gasteiger partial charge >= 0.3 is 0 Å². The van der Waals surface area contributed by atoms with E-state index in [0.717, 1.165) is 12.8 Å². The molecule has 0 amide bonds. The molecule has 2 N–H and O–H groups in total. The van der Waals surface area contributed by atoms with Gasteiger partial charge in [0.2, 0.25) is 10.0 Å². The third-order valence-electron chi connectivity index (χ3n) is 3.47. The summed E-state index contributed by atoms with van der Waals surface area (Å²) in [5.74, 6) is 0.713. The van der Waals surface area contributed by atoms with Gasteiger partial charge in [-0.15, -0.1) is 0 Å². The minimum atomic E-state index is -3.14. The topological polar surface area (TPSA) is 63.4 Å². The lowest BCUT2D eigenvalue weighted by molar-refractivity contribution is 0.261. The molecule has 0 aromatic rings. The van der Waals surface area contributed by atoms with Gasteiger partial charge in [-0.2, -0.15) is 0 Å². The van der Waals surface area contributed by atoms with E-state index in [-0.39, 0.29) is 6.54 Å². The summed E-state index contributed by atoms with van der Waals surface area (Å²) in [5, 5.41) is -0.449. The molecule has 96 valence electrons. The quantitative estimate of drug-likeness (QED) is 0.794. The summed E-state index contributed by atoms with van der Waals surface area (Å²) in [4.78, 5) is 0. The van der Waals surface area contributed by atoms with Crippen LogP contribution in [0.3, 0.4) is 0 Å². The third kappa shape index (κ3) is 3.18. The maximum absolute atomic E-state index is 12.0. The first kappa shape index (κ1) is 13.9. The molecule has 16 heavy (non-hydrogen) atoms. The maximum Gasteiger partial charge on any atom is 0.217 e. The lowest BCUT2D eigenvalue weighted by Gasteiger charge is -2.32. The molecule has 5 heteroatoms. The van der Waals surface area contributed by atoms with Crippen molar-refractivity contribution in [1.82, 2.24) is 4.31 Å². The largest absolute Gasteiger partial charge is 0.329 e. The van der Waals surface area contributed by atoms with Gasteiger partial charge in [0.15, 0.2) is 0 Å². The van der Waals surface area contributed by atoms with Crippen LogP contribution < -0.4 is 5.73 Å². The van der Waals surface area contributed by atoms with Crippen molar-refractivity contribution in [3.05, 3.63) is 0 Å². The van der Waals surface area contributed by atoms with Gasteiger partial charge in [-0.1, -0.05) is 19.8 Å². The summed E-state index contributed by atoms with van der Waals surface area (Å²) in [5.41, 5.74) is 5.43. The highest BCUT2D eigenvalue weighted by molar-refractivity contribution is 7.89. The lowest BCUT2D eigenvalue weighted by Crippen LogP contribution is -2.44. The Bertz CT molecular complexity index is 295. The van der Waals surface area contributed by atoms with E-state index >= 15 is 0 Å². The Morgan fingerprint density at radius 2 is 1.94 bits per heavy atom. The van der Waals surface area contributed by atoms with Crippen molar-refractivity contribution in [3.63, 3.8) is 0 Å². The average Bonchev–Trinajstić information content (AvgIpc) is 2.29. The van der Waals surface area contributed by atoms with Crippen LogP contribution in [0, 0.1) is 5.92 Å². The molecule has 1 rings (SSSR count). The molecule has 1 heterocycles. The first-order chi connectivity index (χ1) is 7.52. The summed E-state index contributed by atoms with van der Waals surface area (Å²) in [6.07, 6.45) is 4.42. The average molecular weight is 248 g/mol. The fourth-order valence-corrected chi connectivity index (χ4v) is 3.71. The van der Waals surface area contributed by atoms with E-state index in [4.69, 9.17) is 5.73 Å². The number of nitrogens with two attached hydrogens (primary N) is 1. The number of hydrogen-bond acceptors (Lipinski definition) is 3. The summed E-state index contributed by atoms with van der Waals surface area (Å²) in [6.45, 7) is 5.43. The summed E-state index contributed by atoms with van der Waals surface area (Å²) in [7, 11) is -3.14. The molecular weight excluding hydrogens is 224 g/mol. The molecule has 1 fully saturated rings. The Labute approximate surface area is 99.2 Å². The molecule has 1 atom stereocenters. The van der Waals surface area contributed by atoms with Crippen molar-refractivity contribution in [2.75, 3.05) is 19.6 Å². The number of rotatable bonds is 5. The van der Waals surface area contributed by atoms with Gasteiger partial charge in [0.05, 0.1) is 5.25 Å². The van der Waals surface area contributed by atoms with Crippen LogP contribution in [0.2, 0.25) is 0 Å². The molecule has 1 aliphatic rings. The number of hydrogen-bond donors (Lipinski definition) is 1. The fraction of sp³-hybridized carbons (Fsp3) is 1.00. The van der Waals surface area contributed by atoms with Crippen molar-refractivity contribution in [2.45, 2.75) is 44.8 Å². The van der Waals surface area contributed by atoms with Gasteiger partial charge in [0, 0.05) is 19.6 Å². The van der Waals surface area contributed by atoms with Crippen LogP contribution >= 0.6 is 0 Å². The van der Waals surface area contributed by atoms with Crippen molar-refractivity contribution >= 4 is 10.0 Å². The van der Waals surface area contributed by atoms with Crippen molar-refractivity contribution in [3.8, 4) is 0 Å². The molecule has 1 aliphatic heterocycles. The molecule has 0 spiro atoms. The Balaban J connectivity index is 2.53. The van der Waals surface area contributed by atoms with E-state index in [2.05, 4.69) is 6.92 Å². The minimum absolute atomic E-state index is 0.206. The van der Waals surface area contributed by atoms with Crippen molar-refractivity contribution < 1.29 is 8.42 Å². The molecule has 0 saturated carbocycles. The minimum Gasteiger partial charge on any atom is -0.329 e. The molecule has 0 radical (unpaired) electrons. The number of piperidine rings is 1. The van der Waals surface area contributed by atoms with Crippen LogP contribution in [0.5, 0.6) is 0 Å². The van der Waals surface area contributed by atoms with Gasteiger partial charge in [0.25, 0.3) is 0 Å². The van der Waals surface area contributed by atoms with Crippen LogP contribution in [0.15, 0.2) is 0 Å². The van der Waals surface area contributed by atoms with E-state index in [0.29, 0.717) is 19.0 Å². The second kappa shape index (κ2) is 5.98. The second-order valence-electron chi connectivity index (χ2n) is 4.72. The Hall–Kier alpha value is -0.130. The van der Waals surface area contributed by atoms with E-state index in [1.165, 1.54) is 12.8 Å². The first-order valence-electron chi connectivity index (χ1n) is 6.21. The third-order valence-corrected chi connectivity index (χ3v) is 5.77. The Morgan fingerprint density at radius 3 is 2.38 bits per heavy atom. The van der Waals surface area contributed by atoms with Gasteiger partial charge in [0.1, 0.15) is 0 Å². The molecule has 0 aromatic carbocycles. The zero-order valence-electron chi connectivity index (χ0n) is 10.4. The molecule has 4 nitrogen and oxygen atoms in total. The smallest absolute Gasteiger partial charge is 0.217 e. The highest BCUT2D eigenvalue weighted by Gasteiger charge is 2.31. The molecule has 1 unspecified atom stereocenters. The van der Waals surface area contributed by atoms with Gasteiger partial charge in [-0.05, 0) is 25.7 Å². The molecule has 0 bridgehead atoms. The van der Waals surface area contributed by atoms with Crippen LogP contribution in [-0.2, 0) is 10.0 Å². The van der Waals surface area contributed by atoms with Gasteiger partial charge in [-0.25, -0.2) is 12.7 Å². The lowest BCUT2D eigenvalue weighted by atomic mass is 9.94. The van der Waals surface area contributed by atoms with Crippen LogP contribution in [0.25, 0.3) is 0 Å². The molecule has 0 aliphatic carbocycles. The van der Waals surface area contributed by atoms with Crippen molar-refractivity contribution in [1.29, 1.82) is 0 Å². The van der Waals surface area contributed by atoms with Crippen LogP contribution in [0.4, 0.5) is 0 Å². The SMILES string of the molecule is CCCC1CCN(S(=O)(=O)C(C)CN)CC1. The van der Waals surface area contributed by atoms with E-state index in [9.17, 15) is 8.42 Å². The van der Waals surface area contributed by atoms with Crippen LogP contribution in [0.1, 0.15) is 39.5 Å². The van der Waals surface area contributed by atoms with E-state index in [1.54, 1.807) is 11.2 Å². The summed E-state index contributed by atoms with van der Waals surface area (Å²) >= 11 is 0. The standard InChI is InChI=1S/C11H24N2O2S/c1-3-4-11-5-7-13(8-6-11)16(14,15)10(2)9-12/h10-11H,3-9,12H2,1-2H3. The second-order valence-corrected chi connectivity index (χ2v) is 7.07. The maximum atomic E-state index is 12.0. The van der Waals surface area contributed by atoms with E-state index < -0.39 is 15.3 Å². The normalized spacial score (nSPS) is 22.2. The predicted octanol–water partition coefficient (Wildman–Crippen LogP) is 1.18. The van der Waals surface area contributed by atoms with E-state index in [1.807, 2.05) is 0 Å². The monoisotopic (exact) mass is 248 g/mol. The highest BCUT2D eigenvalue weighted by Crippen LogP contribution is 2.24. The van der Waals surface area contributed by atoms with Gasteiger partial charge in [-0.3, -0.25) is 0 Å². The highest BCUT2D eigenvalue weighted by atomic mass is 32.2. The predicted molar refractivity (Wildman–Crippen MR) is 66.6 cm³/mol. The van der Waals surface area contributed by atoms with Gasteiger partial charge < -0.3 is 5.73 Å². The number of sulfonamides is 1. The van der Waals surface area contributed by atoms with Crippen LogP contribution in [-0.4, -0.2) is 37.6 Å². The summed E-state index contributed by atoms with van der Waals surface area (Å²) < 4.78 is 25.7. The zero-order chi connectivity index (χ0) is 12.2. The Morgan fingerprint density at radius 1 is 1.38 bits per heavy atom. The first-order valence-corrected chi connectivity index (χ1v) is 7.71. The number of nitrogens with zero attached hydrogens (tertiary/aromatic N) is 1. The zero-order valence-corrected chi connectivity index (χ0v) is 11.2. The Kier molecular flexibility index (Phi) is 5.21. The molecular formula is C11H24N2O2S. The van der Waals surface area contributed by atoms with Crippen molar-refractivity contribution in [2.24, 2.45) is 11.7 Å². The fourth-order valence-electron chi connectivity index (χ4n) is 2.24. The summed E-state index contributed by atoms with van der Waals surface area (Å²) in [6, 6.07) is 0. The molecule has 0 aromatic heterocycles.